The topological polar surface area (TPSA) is 89.3 Å². The molecule has 7 heteroatoms. The van der Waals surface area contributed by atoms with Crippen molar-refractivity contribution in [1.29, 1.82) is 0 Å². The summed E-state index contributed by atoms with van der Waals surface area (Å²) in [5.74, 6) is -0.433. The van der Waals surface area contributed by atoms with Crippen LogP contribution in [0.4, 0.5) is 5.00 Å². The molecule has 0 fully saturated rings. The van der Waals surface area contributed by atoms with Crippen LogP contribution in [0.2, 0.25) is 0 Å². The van der Waals surface area contributed by atoms with Crippen LogP contribution in [0.5, 0.6) is 0 Å². The molecular formula is C9H14N2O3S2. The molecule has 1 aromatic heterocycles. The van der Waals surface area contributed by atoms with Crippen molar-refractivity contribution in [1.82, 2.24) is 0 Å². The third-order valence-corrected chi connectivity index (χ3v) is 3.67. The monoisotopic (exact) mass is 262 g/mol. The predicted molar refractivity (Wildman–Crippen MR) is 65.3 cm³/mol. The molecular weight excluding hydrogens is 248 g/mol. The van der Waals surface area contributed by atoms with Crippen LogP contribution < -0.4 is 11.1 Å². The van der Waals surface area contributed by atoms with E-state index >= 15 is 0 Å². The molecule has 0 saturated heterocycles. The van der Waals surface area contributed by atoms with Crippen LogP contribution in [0.3, 0.4) is 0 Å². The maximum atomic E-state index is 11.5. The quantitative estimate of drug-likeness (QED) is 0.806. The minimum atomic E-state index is -3.07. The van der Waals surface area contributed by atoms with Gasteiger partial charge in [-0.15, -0.1) is 11.3 Å². The zero-order valence-electron chi connectivity index (χ0n) is 8.84. The van der Waals surface area contributed by atoms with Gasteiger partial charge in [-0.3, -0.25) is 4.79 Å². The molecule has 5 nitrogen and oxygen atoms in total. The van der Waals surface area contributed by atoms with Crippen LogP contribution >= 0.6 is 11.3 Å². The summed E-state index contributed by atoms with van der Waals surface area (Å²) >= 11 is 1.39. The number of thiophene rings is 1. The summed E-state index contributed by atoms with van der Waals surface area (Å²) in [5, 5.41) is 5.16. The number of sulfone groups is 1. The molecule has 1 heterocycles. The van der Waals surface area contributed by atoms with E-state index in [0.717, 1.165) is 6.26 Å². The number of rotatable bonds is 5. The largest absolute Gasteiger partial charge is 0.320 e. The van der Waals surface area contributed by atoms with Crippen LogP contribution in [0.25, 0.3) is 0 Å². The Kier molecular flexibility index (Phi) is 4.45. The zero-order chi connectivity index (χ0) is 12.2. The Labute approximate surface area is 98.6 Å². The van der Waals surface area contributed by atoms with Gasteiger partial charge in [0.2, 0.25) is 5.91 Å². The van der Waals surface area contributed by atoms with Crippen molar-refractivity contribution in [3.63, 3.8) is 0 Å². The summed E-state index contributed by atoms with van der Waals surface area (Å²) < 4.78 is 21.8. The Morgan fingerprint density at radius 2 is 2.31 bits per heavy atom. The molecule has 1 rings (SSSR count). The fraction of sp³-hybridized carbons (Fsp3) is 0.444. The maximum absolute atomic E-state index is 11.5. The summed E-state index contributed by atoms with van der Waals surface area (Å²) in [4.78, 5) is 11.5. The smallest absolute Gasteiger partial charge is 0.241 e. The fourth-order valence-electron chi connectivity index (χ4n) is 1.04. The fourth-order valence-corrected chi connectivity index (χ4v) is 2.34. The third-order valence-electron chi connectivity index (χ3n) is 1.90. The van der Waals surface area contributed by atoms with Gasteiger partial charge in [-0.25, -0.2) is 8.42 Å². The Hall–Kier alpha value is -0.920. The maximum Gasteiger partial charge on any atom is 0.241 e. The molecule has 0 aromatic carbocycles. The SMILES string of the molecule is CS(=O)(=O)CC[C@H](N)C(=O)Nc1cccs1. The normalized spacial score (nSPS) is 13.4. The predicted octanol–water partition coefficient (Wildman–Crippen LogP) is 0.449. The van der Waals surface area contributed by atoms with E-state index in [0.29, 0.717) is 5.00 Å². The van der Waals surface area contributed by atoms with Crippen molar-refractivity contribution in [3.05, 3.63) is 17.5 Å². The number of amides is 1. The van der Waals surface area contributed by atoms with Crippen molar-refractivity contribution in [2.24, 2.45) is 5.73 Å². The molecule has 0 aliphatic heterocycles. The molecule has 3 N–H and O–H groups in total. The molecule has 0 spiro atoms. The molecule has 0 radical (unpaired) electrons. The number of hydrogen-bond donors (Lipinski definition) is 2. The average Bonchev–Trinajstić information content (AvgIpc) is 2.65. The lowest BCUT2D eigenvalue weighted by Crippen LogP contribution is -2.36. The van der Waals surface area contributed by atoms with Crippen LogP contribution in [0, 0.1) is 0 Å². The summed E-state index contributed by atoms with van der Waals surface area (Å²) in [6.07, 6.45) is 1.26. The highest BCUT2D eigenvalue weighted by Crippen LogP contribution is 2.15. The summed E-state index contributed by atoms with van der Waals surface area (Å²) in [5.41, 5.74) is 5.57. The number of nitrogens with one attached hydrogen (secondary N) is 1. The van der Waals surface area contributed by atoms with Crippen molar-refractivity contribution < 1.29 is 13.2 Å². The first-order valence-electron chi connectivity index (χ1n) is 4.66. The minimum absolute atomic E-state index is 0.0774. The van der Waals surface area contributed by atoms with Crippen molar-refractivity contribution in [2.45, 2.75) is 12.5 Å². The minimum Gasteiger partial charge on any atom is -0.320 e. The van der Waals surface area contributed by atoms with Gasteiger partial charge in [0.05, 0.1) is 16.8 Å². The van der Waals surface area contributed by atoms with Gasteiger partial charge in [-0.1, -0.05) is 0 Å². The first kappa shape index (κ1) is 13.1. The Morgan fingerprint density at radius 1 is 1.62 bits per heavy atom. The van der Waals surface area contributed by atoms with Gasteiger partial charge in [0, 0.05) is 6.26 Å². The lowest BCUT2D eigenvalue weighted by Gasteiger charge is -2.10. The molecule has 0 bridgehead atoms. The van der Waals surface area contributed by atoms with E-state index in [-0.39, 0.29) is 18.1 Å². The Balaban J connectivity index is 2.42. The van der Waals surface area contributed by atoms with Crippen molar-refractivity contribution in [2.75, 3.05) is 17.3 Å². The van der Waals surface area contributed by atoms with Crippen molar-refractivity contribution >= 4 is 32.1 Å². The van der Waals surface area contributed by atoms with Gasteiger partial charge in [0.1, 0.15) is 9.84 Å². The van der Waals surface area contributed by atoms with Crippen molar-refractivity contribution in [3.8, 4) is 0 Å². The van der Waals surface area contributed by atoms with E-state index in [1.807, 2.05) is 11.4 Å². The Morgan fingerprint density at radius 3 is 2.81 bits per heavy atom. The zero-order valence-corrected chi connectivity index (χ0v) is 10.5. The van der Waals surface area contributed by atoms with Crippen LogP contribution in [-0.2, 0) is 14.6 Å². The second kappa shape index (κ2) is 5.42. The van der Waals surface area contributed by atoms with E-state index in [2.05, 4.69) is 5.32 Å². The van der Waals surface area contributed by atoms with Gasteiger partial charge in [-0.2, -0.15) is 0 Å². The molecule has 0 aliphatic rings. The first-order valence-corrected chi connectivity index (χ1v) is 7.60. The number of anilines is 1. The number of carbonyl (C=O) groups excluding carboxylic acids is 1. The second-order valence-corrected chi connectivity index (χ2v) is 6.70. The standard InChI is InChI=1S/C9H14N2O3S2/c1-16(13,14)6-4-7(10)9(12)11-8-3-2-5-15-8/h2-3,5,7H,4,6,10H2,1H3,(H,11,12)/t7-/m0/s1. The molecule has 0 saturated carbocycles. The lowest BCUT2D eigenvalue weighted by atomic mass is 10.2. The van der Waals surface area contributed by atoms with Gasteiger partial charge >= 0.3 is 0 Å². The van der Waals surface area contributed by atoms with Gasteiger partial charge < -0.3 is 11.1 Å². The highest BCUT2D eigenvalue weighted by atomic mass is 32.2. The molecule has 0 aliphatic carbocycles. The van der Waals surface area contributed by atoms with Crippen LogP contribution in [0.1, 0.15) is 6.42 Å². The van der Waals surface area contributed by atoms with E-state index in [1.165, 1.54) is 11.3 Å². The lowest BCUT2D eigenvalue weighted by molar-refractivity contribution is -0.117. The van der Waals surface area contributed by atoms with E-state index in [9.17, 15) is 13.2 Å². The van der Waals surface area contributed by atoms with Crippen LogP contribution in [-0.4, -0.2) is 32.4 Å². The summed E-state index contributed by atoms with van der Waals surface area (Å²) in [6, 6.07) is 2.77. The van der Waals surface area contributed by atoms with E-state index in [4.69, 9.17) is 5.73 Å². The van der Waals surface area contributed by atoms with Crippen LogP contribution in [0.15, 0.2) is 17.5 Å². The summed E-state index contributed by atoms with van der Waals surface area (Å²) in [7, 11) is -3.07. The average molecular weight is 262 g/mol. The molecule has 16 heavy (non-hydrogen) atoms. The first-order chi connectivity index (χ1) is 7.38. The molecule has 1 aromatic rings. The summed E-state index contributed by atoms with van der Waals surface area (Å²) in [6.45, 7) is 0. The molecule has 0 unspecified atom stereocenters. The van der Waals surface area contributed by atoms with E-state index in [1.54, 1.807) is 6.07 Å². The highest BCUT2D eigenvalue weighted by molar-refractivity contribution is 7.90. The highest BCUT2D eigenvalue weighted by Gasteiger charge is 2.16. The molecule has 1 amide bonds. The second-order valence-electron chi connectivity index (χ2n) is 3.49. The van der Waals surface area contributed by atoms with Gasteiger partial charge in [-0.05, 0) is 23.9 Å². The van der Waals surface area contributed by atoms with Gasteiger partial charge in [0.15, 0.2) is 0 Å². The number of nitrogens with two attached hydrogens (primary N) is 1. The van der Waals surface area contributed by atoms with Gasteiger partial charge in [0.25, 0.3) is 0 Å². The number of carbonyl (C=O) groups is 1. The van der Waals surface area contributed by atoms with E-state index < -0.39 is 15.9 Å². The molecule has 1 atom stereocenters. The Bertz CT molecular complexity index is 439. The molecule has 90 valence electrons. The third kappa shape index (κ3) is 4.73. The number of hydrogen-bond acceptors (Lipinski definition) is 5.